The van der Waals surface area contributed by atoms with Gasteiger partial charge in [-0.1, -0.05) is 24.3 Å². The van der Waals surface area contributed by atoms with Gasteiger partial charge in [-0.25, -0.2) is 9.37 Å². The lowest BCUT2D eigenvalue weighted by molar-refractivity contribution is -0.132. The number of ether oxygens (including phenoxy) is 3. The Hall–Kier alpha value is -4.44. The normalized spacial score (nSPS) is 16.5. The van der Waals surface area contributed by atoms with E-state index in [0.717, 1.165) is 11.1 Å². The number of anilines is 1. The largest absolute Gasteiger partial charge is 0.507 e. The van der Waals surface area contributed by atoms with Crippen LogP contribution < -0.4 is 19.1 Å². The third-order valence-electron chi connectivity index (χ3n) is 6.40. The first kappa shape index (κ1) is 27.1. The van der Waals surface area contributed by atoms with Crippen molar-refractivity contribution in [2.75, 3.05) is 25.2 Å². The monoisotopic (exact) mass is 562 g/mol. The minimum Gasteiger partial charge on any atom is -0.507 e. The lowest BCUT2D eigenvalue weighted by atomic mass is 9.95. The molecule has 1 aromatic heterocycles. The zero-order chi connectivity index (χ0) is 28.4. The molecule has 40 heavy (non-hydrogen) atoms. The summed E-state index contributed by atoms with van der Waals surface area (Å²) in [4.78, 5) is 33.0. The molecule has 1 aliphatic heterocycles. The number of aliphatic hydroxyl groups is 1. The highest BCUT2D eigenvalue weighted by molar-refractivity contribution is 7.22. The number of benzene rings is 3. The van der Waals surface area contributed by atoms with E-state index in [1.165, 1.54) is 40.5 Å². The highest BCUT2D eigenvalue weighted by atomic mass is 32.1. The van der Waals surface area contributed by atoms with E-state index in [1.54, 1.807) is 43.5 Å². The van der Waals surface area contributed by atoms with Gasteiger partial charge in [-0.3, -0.25) is 14.5 Å². The average Bonchev–Trinajstić information content (AvgIpc) is 3.49. The van der Waals surface area contributed by atoms with Crippen molar-refractivity contribution in [1.29, 1.82) is 0 Å². The number of methoxy groups -OCH3 is 1. The van der Waals surface area contributed by atoms with Crippen LogP contribution in [0.5, 0.6) is 17.2 Å². The molecule has 2 heterocycles. The summed E-state index contributed by atoms with van der Waals surface area (Å²) in [5, 5.41) is 11.6. The second-order valence-corrected chi connectivity index (χ2v) is 10.0. The van der Waals surface area contributed by atoms with Gasteiger partial charge < -0.3 is 19.3 Å². The fraction of sp³-hybridized carbons (Fsp3) is 0.233. The number of fused-ring (bicyclic) bond motifs is 1. The van der Waals surface area contributed by atoms with Crippen molar-refractivity contribution in [1.82, 2.24) is 4.98 Å². The average molecular weight is 563 g/mol. The molecule has 0 bridgehead atoms. The fourth-order valence-electron chi connectivity index (χ4n) is 4.53. The topological polar surface area (TPSA) is 98.2 Å². The molecule has 1 aliphatic rings. The van der Waals surface area contributed by atoms with Gasteiger partial charge in [0.15, 0.2) is 16.6 Å². The van der Waals surface area contributed by atoms with E-state index in [9.17, 15) is 19.1 Å². The van der Waals surface area contributed by atoms with Gasteiger partial charge in [0.2, 0.25) is 0 Å². The van der Waals surface area contributed by atoms with Crippen LogP contribution in [0.1, 0.15) is 37.4 Å². The zero-order valence-corrected chi connectivity index (χ0v) is 23.0. The molecule has 1 amide bonds. The Morgan fingerprint density at radius 3 is 2.50 bits per heavy atom. The summed E-state index contributed by atoms with van der Waals surface area (Å²) >= 11 is 1.22. The lowest BCUT2D eigenvalue weighted by Crippen LogP contribution is -2.29. The van der Waals surface area contributed by atoms with E-state index < -0.39 is 29.3 Å². The van der Waals surface area contributed by atoms with Crippen LogP contribution in [0.25, 0.3) is 16.0 Å². The smallest absolute Gasteiger partial charge is 0.301 e. The van der Waals surface area contributed by atoms with Crippen LogP contribution in [0.2, 0.25) is 0 Å². The number of halogens is 1. The van der Waals surface area contributed by atoms with Crippen LogP contribution >= 0.6 is 11.3 Å². The van der Waals surface area contributed by atoms with Crippen molar-refractivity contribution < 1.29 is 33.3 Å². The summed E-state index contributed by atoms with van der Waals surface area (Å²) in [6.45, 7) is 4.68. The lowest BCUT2D eigenvalue weighted by Gasteiger charge is -2.24. The molecule has 0 radical (unpaired) electrons. The molecule has 1 unspecified atom stereocenters. The highest BCUT2D eigenvalue weighted by Gasteiger charge is 2.48. The number of ketones is 1. The van der Waals surface area contributed by atoms with E-state index in [4.69, 9.17) is 14.2 Å². The Labute approximate surface area is 234 Å². The van der Waals surface area contributed by atoms with Gasteiger partial charge in [0, 0.05) is 5.56 Å². The molecule has 0 saturated carbocycles. The van der Waals surface area contributed by atoms with Gasteiger partial charge in [0.1, 0.15) is 17.3 Å². The zero-order valence-electron chi connectivity index (χ0n) is 22.1. The second kappa shape index (κ2) is 11.4. The number of aromatic nitrogens is 1. The van der Waals surface area contributed by atoms with Crippen LogP contribution in [0.4, 0.5) is 9.52 Å². The molecule has 3 aromatic carbocycles. The Kier molecular flexibility index (Phi) is 7.70. The summed E-state index contributed by atoms with van der Waals surface area (Å²) in [6, 6.07) is 14.5. The maximum atomic E-state index is 13.6. The Morgan fingerprint density at radius 1 is 1.02 bits per heavy atom. The quantitative estimate of drug-likeness (QED) is 0.146. The van der Waals surface area contributed by atoms with Crippen LogP contribution in [0.3, 0.4) is 0 Å². The molecule has 1 atom stereocenters. The Balaban J connectivity index is 1.71. The van der Waals surface area contributed by atoms with Gasteiger partial charge in [0.05, 0.1) is 42.2 Å². The second-order valence-electron chi connectivity index (χ2n) is 8.99. The number of carbonyl (C=O) groups excluding carboxylic acids is 2. The standard InChI is InChI=1S/C30H27FN2O6S/c1-4-14-39-22-13-8-18(15-23(22)38-5-2)26-25(27(34)17-6-9-19(31)10-7-17)28(35)29(36)33(26)30-32-21-12-11-20(37-3)16-24(21)40-30/h6-13,15-16,26,34H,4-5,14H2,1-3H3/b27-25+. The maximum Gasteiger partial charge on any atom is 0.301 e. The molecule has 10 heteroatoms. The third kappa shape index (κ3) is 4.98. The number of nitrogens with zero attached hydrogens (tertiary/aromatic N) is 2. The van der Waals surface area contributed by atoms with Crippen molar-refractivity contribution in [3.05, 3.63) is 83.2 Å². The third-order valence-corrected chi connectivity index (χ3v) is 7.41. The Bertz CT molecular complexity index is 1610. The first-order valence-corrected chi connectivity index (χ1v) is 13.6. The van der Waals surface area contributed by atoms with Gasteiger partial charge in [0.25, 0.3) is 5.78 Å². The van der Waals surface area contributed by atoms with Crippen molar-refractivity contribution in [3.8, 4) is 17.2 Å². The van der Waals surface area contributed by atoms with Crippen LogP contribution in [0, 0.1) is 5.82 Å². The van der Waals surface area contributed by atoms with E-state index in [-0.39, 0.29) is 16.3 Å². The first-order chi connectivity index (χ1) is 19.4. The van der Waals surface area contributed by atoms with Crippen molar-refractivity contribution in [2.45, 2.75) is 26.3 Å². The minimum absolute atomic E-state index is 0.141. The number of rotatable bonds is 9. The van der Waals surface area contributed by atoms with Gasteiger partial charge in [-0.15, -0.1) is 0 Å². The molecular weight excluding hydrogens is 535 g/mol. The molecule has 0 aliphatic carbocycles. The molecule has 1 fully saturated rings. The molecule has 5 rings (SSSR count). The molecular formula is C30H27FN2O6S. The summed E-state index contributed by atoms with van der Waals surface area (Å²) < 4.78 is 31.4. The molecule has 8 nitrogen and oxygen atoms in total. The van der Waals surface area contributed by atoms with E-state index >= 15 is 0 Å². The Morgan fingerprint density at radius 2 is 1.80 bits per heavy atom. The number of amides is 1. The highest BCUT2D eigenvalue weighted by Crippen LogP contribution is 2.46. The molecule has 1 saturated heterocycles. The van der Waals surface area contributed by atoms with Gasteiger partial charge >= 0.3 is 5.91 Å². The fourth-order valence-corrected chi connectivity index (χ4v) is 5.55. The van der Waals surface area contributed by atoms with Crippen molar-refractivity contribution in [2.24, 2.45) is 0 Å². The van der Waals surface area contributed by atoms with Crippen molar-refractivity contribution >= 4 is 44.1 Å². The number of carbonyl (C=O) groups is 2. The van der Waals surface area contributed by atoms with E-state index in [0.29, 0.717) is 41.5 Å². The van der Waals surface area contributed by atoms with Gasteiger partial charge in [-0.2, -0.15) is 0 Å². The summed E-state index contributed by atoms with van der Waals surface area (Å²) in [5.74, 6) is -1.05. The van der Waals surface area contributed by atoms with Crippen LogP contribution in [-0.2, 0) is 9.59 Å². The predicted octanol–water partition coefficient (Wildman–Crippen LogP) is 6.26. The van der Waals surface area contributed by atoms with Crippen LogP contribution in [-0.4, -0.2) is 42.1 Å². The van der Waals surface area contributed by atoms with E-state index in [1.807, 2.05) is 13.8 Å². The number of hydrogen-bond acceptors (Lipinski definition) is 8. The molecule has 1 N–H and O–H groups in total. The molecule has 206 valence electrons. The maximum absolute atomic E-state index is 13.6. The molecule has 4 aromatic rings. The number of aliphatic hydroxyl groups excluding tert-OH is 1. The van der Waals surface area contributed by atoms with Crippen molar-refractivity contribution in [3.63, 3.8) is 0 Å². The molecule has 0 spiro atoms. The summed E-state index contributed by atoms with van der Waals surface area (Å²) in [7, 11) is 1.56. The SMILES string of the molecule is CCCOc1ccc(C2/C(=C(\O)c3ccc(F)cc3)C(=O)C(=O)N2c2nc3ccc(OC)cc3s2)cc1OCC. The van der Waals surface area contributed by atoms with E-state index in [2.05, 4.69) is 4.98 Å². The summed E-state index contributed by atoms with van der Waals surface area (Å²) in [6.07, 6.45) is 0.799. The minimum atomic E-state index is -1.04. The first-order valence-electron chi connectivity index (χ1n) is 12.8. The number of Topliss-reactive ketones (excluding diaryl/α,β-unsaturated/α-hetero) is 1. The number of thiazole rings is 1. The van der Waals surface area contributed by atoms with Gasteiger partial charge in [-0.05, 0) is 73.5 Å². The summed E-state index contributed by atoms with van der Waals surface area (Å²) in [5.41, 5.74) is 1.19. The predicted molar refractivity (Wildman–Crippen MR) is 151 cm³/mol. The van der Waals surface area contributed by atoms with Crippen LogP contribution in [0.15, 0.2) is 66.2 Å². The number of hydrogen-bond donors (Lipinski definition) is 1.